The second kappa shape index (κ2) is 9.76. The van der Waals surface area contributed by atoms with Gasteiger partial charge in [0.2, 0.25) is 5.91 Å². The van der Waals surface area contributed by atoms with Gasteiger partial charge in [-0.05, 0) is 43.0 Å². The maximum atomic E-state index is 12.0. The summed E-state index contributed by atoms with van der Waals surface area (Å²) in [6.45, 7) is 4.73. The fourth-order valence-electron chi connectivity index (χ4n) is 2.60. The smallest absolute Gasteiger partial charge is 0.220 e. The largest absolute Gasteiger partial charge is 0.494 e. The van der Waals surface area contributed by atoms with Crippen LogP contribution in [0, 0.1) is 0 Å². The van der Waals surface area contributed by atoms with E-state index in [9.17, 15) is 4.79 Å². The monoisotopic (exact) mass is 325 g/mol. The van der Waals surface area contributed by atoms with Crippen LogP contribution in [0.15, 0.2) is 54.6 Å². The maximum absolute atomic E-state index is 12.0. The summed E-state index contributed by atoms with van der Waals surface area (Å²) in [5.41, 5.74) is 2.45. The van der Waals surface area contributed by atoms with Crippen LogP contribution in [0.4, 0.5) is 0 Å². The molecular formula is C21H27NO2. The summed E-state index contributed by atoms with van der Waals surface area (Å²) in [5, 5.41) is 3.02. The molecule has 128 valence electrons. The van der Waals surface area contributed by atoms with Gasteiger partial charge in [-0.1, -0.05) is 55.8 Å². The number of rotatable bonds is 9. The summed E-state index contributed by atoms with van der Waals surface area (Å²) in [6.07, 6.45) is 3.44. The van der Waals surface area contributed by atoms with Crippen molar-refractivity contribution < 1.29 is 9.53 Å². The van der Waals surface area contributed by atoms with E-state index in [-0.39, 0.29) is 11.9 Å². The lowest BCUT2D eigenvalue weighted by molar-refractivity contribution is -0.121. The highest BCUT2D eigenvalue weighted by Crippen LogP contribution is 2.14. The average Bonchev–Trinajstić information content (AvgIpc) is 2.61. The molecule has 0 saturated carbocycles. The van der Waals surface area contributed by atoms with Crippen molar-refractivity contribution in [3.8, 4) is 5.75 Å². The second-order valence-electron chi connectivity index (χ2n) is 6.05. The molecule has 1 amide bonds. The van der Waals surface area contributed by atoms with Crippen LogP contribution in [0.1, 0.15) is 50.3 Å². The lowest BCUT2D eigenvalue weighted by Gasteiger charge is -2.14. The summed E-state index contributed by atoms with van der Waals surface area (Å²) in [4.78, 5) is 12.0. The van der Waals surface area contributed by atoms with Gasteiger partial charge in [0.05, 0.1) is 12.6 Å². The van der Waals surface area contributed by atoms with Crippen molar-refractivity contribution in [2.45, 2.75) is 45.6 Å². The lowest BCUT2D eigenvalue weighted by atomic mass is 10.1. The first kappa shape index (κ1) is 18.1. The molecule has 0 radical (unpaired) electrons. The van der Waals surface area contributed by atoms with Gasteiger partial charge in [0.15, 0.2) is 0 Å². The molecule has 0 saturated heterocycles. The Labute approximate surface area is 145 Å². The van der Waals surface area contributed by atoms with E-state index in [1.54, 1.807) is 0 Å². The number of benzene rings is 2. The quantitative estimate of drug-likeness (QED) is 0.680. The van der Waals surface area contributed by atoms with Crippen LogP contribution in [-0.4, -0.2) is 12.5 Å². The van der Waals surface area contributed by atoms with Gasteiger partial charge >= 0.3 is 0 Å². The van der Waals surface area contributed by atoms with Gasteiger partial charge in [0, 0.05) is 6.42 Å². The Morgan fingerprint density at radius 1 is 1.08 bits per heavy atom. The predicted octanol–water partition coefficient (Wildman–Crippen LogP) is 4.68. The normalized spacial score (nSPS) is 11.8. The minimum Gasteiger partial charge on any atom is -0.494 e. The van der Waals surface area contributed by atoms with Crippen LogP contribution >= 0.6 is 0 Å². The van der Waals surface area contributed by atoms with Crippen molar-refractivity contribution in [3.63, 3.8) is 0 Å². The van der Waals surface area contributed by atoms with Gasteiger partial charge in [-0.2, -0.15) is 0 Å². The zero-order valence-electron chi connectivity index (χ0n) is 14.6. The van der Waals surface area contributed by atoms with Gasteiger partial charge in [0.25, 0.3) is 0 Å². The highest BCUT2D eigenvalue weighted by atomic mass is 16.5. The Morgan fingerprint density at radius 2 is 1.79 bits per heavy atom. The number of amides is 1. The van der Waals surface area contributed by atoms with E-state index in [0.717, 1.165) is 24.2 Å². The minimum atomic E-state index is 0.0331. The average molecular weight is 325 g/mol. The number of nitrogens with one attached hydrogen (secondary N) is 1. The van der Waals surface area contributed by atoms with Crippen LogP contribution in [0.25, 0.3) is 0 Å². The third-order valence-electron chi connectivity index (χ3n) is 3.96. The summed E-state index contributed by atoms with van der Waals surface area (Å²) in [5.74, 6) is 0.932. The maximum Gasteiger partial charge on any atom is 0.220 e. The van der Waals surface area contributed by atoms with E-state index in [0.29, 0.717) is 19.4 Å². The number of hydrogen-bond donors (Lipinski definition) is 1. The van der Waals surface area contributed by atoms with Crippen molar-refractivity contribution in [2.75, 3.05) is 6.61 Å². The van der Waals surface area contributed by atoms with Crippen LogP contribution < -0.4 is 10.1 Å². The Bertz CT molecular complexity index is 607. The van der Waals surface area contributed by atoms with E-state index < -0.39 is 0 Å². The van der Waals surface area contributed by atoms with E-state index >= 15 is 0 Å². The molecule has 0 unspecified atom stereocenters. The Balaban J connectivity index is 1.65. The first-order valence-electron chi connectivity index (χ1n) is 8.75. The third kappa shape index (κ3) is 6.07. The van der Waals surface area contributed by atoms with E-state index in [4.69, 9.17) is 4.74 Å². The molecule has 24 heavy (non-hydrogen) atoms. The first-order valence-corrected chi connectivity index (χ1v) is 8.75. The van der Waals surface area contributed by atoms with Gasteiger partial charge in [-0.15, -0.1) is 0 Å². The molecule has 0 aliphatic carbocycles. The third-order valence-corrected chi connectivity index (χ3v) is 3.96. The molecule has 0 aliphatic heterocycles. The van der Waals surface area contributed by atoms with Crippen molar-refractivity contribution >= 4 is 5.91 Å². The van der Waals surface area contributed by atoms with Crippen LogP contribution in [-0.2, 0) is 11.2 Å². The Kier molecular flexibility index (Phi) is 7.34. The molecule has 0 aromatic heterocycles. The van der Waals surface area contributed by atoms with Crippen LogP contribution in [0.5, 0.6) is 5.75 Å². The molecule has 0 spiro atoms. The van der Waals surface area contributed by atoms with Crippen molar-refractivity contribution in [1.29, 1.82) is 0 Å². The zero-order chi connectivity index (χ0) is 17.2. The van der Waals surface area contributed by atoms with Crippen molar-refractivity contribution in [3.05, 3.63) is 65.7 Å². The lowest BCUT2D eigenvalue weighted by Crippen LogP contribution is -2.26. The van der Waals surface area contributed by atoms with Gasteiger partial charge in [-0.3, -0.25) is 4.79 Å². The SMILES string of the molecule is CCCc1ccc(OCCCC(=O)N[C@H](C)c2ccccc2)cc1. The molecule has 0 bridgehead atoms. The van der Waals surface area contributed by atoms with E-state index in [1.807, 2.05) is 49.4 Å². The molecular weight excluding hydrogens is 298 g/mol. The minimum absolute atomic E-state index is 0.0331. The fourth-order valence-corrected chi connectivity index (χ4v) is 2.60. The molecule has 0 aliphatic rings. The highest BCUT2D eigenvalue weighted by molar-refractivity contribution is 5.76. The summed E-state index contributed by atoms with van der Waals surface area (Å²) < 4.78 is 5.70. The number of hydrogen-bond acceptors (Lipinski definition) is 2. The van der Waals surface area contributed by atoms with E-state index in [1.165, 1.54) is 5.56 Å². The van der Waals surface area contributed by atoms with Crippen LogP contribution in [0.2, 0.25) is 0 Å². The predicted molar refractivity (Wildman–Crippen MR) is 98.2 cm³/mol. The molecule has 1 N–H and O–H groups in total. The van der Waals surface area contributed by atoms with Gasteiger partial charge in [-0.25, -0.2) is 0 Å². The molecule has 3 nitrogen and oxygen atoms in total. The molecule has 3 heteroatoms. The number of carbonyl (C=O) groups is 1. The first-order chi connectivity index (χ1) is 11.7. The molecule has 0 heterocycles. The van der Waals surface area contributed by atoms with E-state index in [2.05, 4.69) is 24.4 Å². The molecule has 2 rings (SSSR count). The Hall–Kier alpha value is -2.29. The molecule has 2 aromatic carbocycles. The number of aryl methyl sites for hydroxylation is 1. The number of ether oxygens (including phenoxy) is 1. The fraction of sp³-hybridized carbons (Fsp3) is 0.381. The highest BCUT2D eigenvalue weighted by Gasteiger charge is 2.08. The number of carbonyl (C=O) groups excluding carboxylic acids is 1. The summed E-state index contributed by atoms with van der Waals surface area (Å²) in [7, 11) is 0. The van der Waals surface area contributed by atoms with Crippen molar-refractivity contribution in [2.24, 2.45) is 0 Å². The topological polar surface area (TPSA) is 38.3 Å². The summed E-state index contributed by atoms with van der Waals surface area (Å²) >= 11 is 0. The van der Waals surface area contributed by atoms with Gasteiger partial charge in [0.1, 0.15) is 5.75 Å². The molecule has 1 atom stereocenters. The van der Waals surface area contributed by atoms with Crippen molar-refractivity contribution in [1.82, 2.24) is 5.32 Å². The second-order valence-corrected chi connectivity index (χ2v) is 6.05. The summed E-state index contributed by atoms with van der Waals surface area (Å²) in [6, 6.07) is 18.2. The van der Waals surface area contributed by atoms with Crippen LogP contribution in [0.3, 0.4) is 0 Å². The Morgan fingerprint density at radius 3 is 2.46 bits per heavy atom. The molecule has 2 aromatic rings. The van der Waals surface area contributed by atoms with Gasteiger partial charge < -0.3 is 10.1 Å². The standard InChI is InChI=1S/C21H27NO2/c1-3-8-18-12-14-20(15-13-18)24-16-7-11-21(23)22-17(2)19-9-5-4-6-10-19/h4-6,9-10,12-15,17H,3,7-8,11,16H2,1-2H3,(H,22,23)/t17-/m1/s1. The molecule has 0 fully saturated rings. The zero-order valence-corrected chi connectivity index (χ0v) is 14.6.